The van der Waals surface area contributed by atoms with E-state index < -0.39 is 0 Å². The Morgan fingerprint density at radius 1 is 1.00 bits per heavy atom. The number of carbonyl (C=O) groups is 1. The van der Waals surface area contributed by atoms with Gasteiger partial charge in [-0.25, -0.2) is 4.68 Å². The van der Waals surface area contributed by atoms with E-state index in [9.17, 15) is 4.79 Å². The van der Waals surface area contributed by atoms with Gasteiger partial charge in [0, 0.05) is 24.8 Å². The first kappa shape index (κ1) is 17.5. The standard InChI is InChI=1S/C23H25N3O/c1-17-12-14-25(15-13-17)23(27)21-16-26(19-9-4-3-5-10-19)24-22(21)20-11-7-6-8-18(20)2/h3-11,16-17H,12-15H2,1-2H3. The number of para-hydroxylation sites is 1. The lowest BCUT2D eigenvalue weighted by molar-refractivity contribution is 0.0698. The van der Waals surface area contributed by atoms with Crippen molar-refractivity contribution < 1.29 is 4.79 Å². The third-order valence-electron chi connectivity index (χ3n) is 5.44. The Labute approximate surface area is 160 Å². The van der Waals surface area contributed by atoms with Crippen LogP contribution in [0.2, 0.25) is 0 Å². The first-order valence-electron chi connectivity index (χ1n) is 9.64. The summed E-state index contributed by atoms with van der Waals surface area (Å²) in [7, 11) is 0. The van der Waals surface area contributed by atoms with Crippen LogP contribution in [-0.4, -0.2) is 33.7 Å². The first-order chi connectivity index (χ1) is 13.1. The second kappa shape index (κ2) is 7.39. The molecule has 0 N–H and O–H groups in total. The Hall–Kier alpha value is -2.88. The lowest BCUT2D eigenvalue weighted by Crippen LogP contribution is -2.38. The van der Waals surface area contributed by atoms with Crippen molar-refractivity contribution in [3.63, 3.8) is 0 Å². The molecule has 4 nitrogen and oxygen atoms in total. The van der Waals surface area contributed by atoms with E-state index in [1.165, 1.54) is 0 Å². The van der Waals surface area contributed by atoms with Crippen LogP contribution in [0.5, 0.6) is 0 Å². The first-order valence-corrected chi connectivity index (χ1v) is 9.64. The summed E-state index contributed by atoms with van der Waals surface area (Å²) in [6.07, 6.45) is 4.02. The molecule has 1 amide bonds. The zero-order valence-electron chi connectivity index (χ0n) is 15.9. The molecule has 4 heteroatoms. The van der Waals surface area contributed by atoms with E-state index in [0.29, 0.717) is 11.5 Å². The zero-order valence-corrected chi connectivity index (χ0v) is 15.9. The highest BCUT2D eigenvalue weighted by molar-refractivity contribution is 6.00. The van der Waals surface area contributed by atoms with Crippen LogP contribution in [0.25, 0.3) is 16.9 Å². The molecule has 2 heterocycles. The summed E-state index contributed by atoms with van der Waals surface area (Å²) < 4.78 is 1.82. The summed E-state index contributed by atoms with van der Waals surface area (Å²) >= 11 is 0. The van der Waals surface area contributed by atoms with Crippen LogP contribution in [0.1, 0.15) is 35.7 Å². The molecule has 1 aliphatic rings. The molecule has 0 spiro atoms. The van der Waals surface area contributed by atoms with E-state index in [0.717, 1.165) is 48.4 Å². The van der Waals surface area contributed by atoms with Gasteiger partial charge in [0.15, 0.2) is 0 Å². The number of aromatic nitrogens is 2. The lowest BCUT2D eigenvalue weighted by Gasteiger charge is -2.30. The second-order valence-electron chi connectivity index (χ2n) is 7.46. The fourth-order valence-corrected chi connectivity index (χ4v) is 3.66. The largest absolute Gasteiger partial charge is 0.339 e. The third-order valence-corrected chi connectivity index (χ3v) is 5.44. The second-order valence-corrected chi connectivity index (χ2v) is 7.46. The van der Waals surface area contributed by atoms with Gasteiger partial charge in [0.1, 0.15) is 5.69 Å². The maximum Gasteiger partial charge on any atom is 0.257 e. The molecule has 0 radical (unpaired) electrons. The number of nitrogens with zero attached hydrogens (tertiary/aromatic N) is 3. The smallest absolute Gasteiger partial charge is 0.257 e. The Bertz CT molecular complexity index is 937. The van der Waals surface area contributed by atoms with Crippen molar-refractivity contribution >= 4 is 5.91 Å². The maximum absolute atomic E-state index is 13.3. The Morgan fingerprint density at radius 3 is 2.37 bits per heavy atom. The van der Waals surface area contributed by atoms with Gasteiger partial charge in [0.2, 0.25) is 0 Å². The van der Waals surface area contributed by atoms with Gasteiger partial charge in [0.05, 0.1) is 11.3 Å². The van der Waals surface area contributed by atoms with Crippen molar-refractivity contribution in [2.75, 3.05) is 13.1 Å². The van der Waals surface area contributed by atoms with E-state index in [1.54, 1.807) is 0 Å². The number of aryl methyl sites for hydroxylation is 1. The van der Waals surface area contributed by atoms with Gasteiger partial charge in [-0.1, -0.05) is 49.4 Å². The molecule has 1 fully saturated rings. The molecule has 0 unspecified atom stereocenters. The van der Waals surface area contributed by atoms with Crippen molar-refractivity contribution in [2.24, 2.45) is 5.92 Å². The van der Waals surface area contributed by atoms with Gasteiger partial charge >= 0.3 is 0 Å². The third kappa shape index (κ3) is 3.52. The molecule has 0 aliphatic carbocycles. The zero-order chi connectivity index (χ0) is 18.8. The van der Waals surface area contributed by atoms with Crippen LogP contribution in [0, 0.1) is 12.8 Å². The van der Waals surface area contributed by atoms with E-state index in [4.69, 9.17) is 5.10 Å². The van der Waals surface area contributed by atoms with Crippen molar-refractivity contribution in [3.05, 3.63) is 71.9 Å². The van der Waals surface area contributed by atoms with Gasteiger partial charge in [0.25, 0.3) is 5.91 Å². The van der Waals surface area contributed by atoms with Gasteiger partial charge in [-0.3, -0.25) is 4.79 Å². The summed E-state index contributed by atoms with van der Waals surface area (Å²) in [6, 6.07) is 18.1. The van der Waals surface area contributed by atoms with E-state index in [1.807, 2.05) is 64.3 Å². The quantitative estimate of drug-likeness (QED) is 0.679. The number of amides is 1. The van der Waals surface area contributed by atoms with Crippen molar-refractivity contribution in [2.45, 2.75) is 26.7 Å². The Kier molecular flexibility index (Phi) is 4.80. The number of hydrogen-bond donors (Lipinski definition) is 0. The fourth-order valence-electron chi connectivity index (χ4n) is 3.66. The summed E-state index contributed by atoms with van der Waals surface area (Å²) in [5, 5.41) is 4.81. The minimum Gasteiger partial charge on any atom is -0.339 e. The Morgan fingerprint density at radius 2 is 1.67 bits per heavy atom. The lowest BCUT2D eigenvalue weighted by atomic mass is 9.97. The highest BCUT2D eigenvalue weighted by Crippen LogP contribution is 2.28. The highest BCUT2D eigenvalue weighted by atomic mass is 16.2. The number of benzene rings is 2. The van der Waals surface area contributed by atoms with Crippen molar-refractivity contribution in [1.29, 1.82) is 0 Å². The molecule has 0 bridgehead atoms. The summed E-state index contributed by atoms with van der Waals surface area (Å²) in [5.74, 6) is 0.777. The molecule has 3 aromatic rings. The average Bonchev–Trinajstić information content (AvgIpc) is 3.14. The van der Waals surface area contributed by atoms with Gasteiger partial charge in [-0.15, -0.1) is 0 Å². The van der Waals surface area contributed by atoms with E-state index in [-0.39, 0.29) is 5.91 Å². The molecule has 4 rings (SSSR count). The number of carbonyl (C=O) groups excluding carboxylic acids is 1. The molecule has 0 saturated carbocycles. The summed E-state index contributed by atoms with van der Waals surface area (Å²) in [6.45, 7) is 5.97. The molecular formula is C23H25N3O. The molecule has 1 aliphatic heterocycles. The van der Waals surface area contributed by atoms with Crippen LogP contribution in [0.3, 0.4) is 0 Å². The predicted octanol–water partition coefficient (Wildman–Crippen LogP) is 4.72. The van der Waals surface area contributed by atoms with Crippen molar-refractivity contribution in [3.8, 4) is 16.9 Å². The molecule has 0 atom stereocenters. The number of hydrogen-bond acceptors (Lipinski definition) is 2. The molecule has 138 valence electrons. The monoisotopic (exact) mass is 359 g/mol. The molecular weight excluding hydrogens is 334 g/mol. The SMILES string of the molecule is Cc1ccccc1-c1nn(-c2ccccc2)cc1C(=O)N1CCC(C)CC1. The fraction of sp³-hybridized carbons (Fsp3) is 0.304. The van der Waals surface area contributed by atoms with Crippen LogP contribution in [0.4, 0.5) is 0 Å². The number of likely N-dealkylation sites (tertiary alicyclic amines) is 1. The number of piperidine rings is 1. The summed E-state index contributed by atoms with van der Waals surface area (Å²) in [5.41, 5.74) is 4.54. The van der Waals surface area contributed by atoms with Crippen LogP contribution in [0.15, 0.2) is 60.8 Å². The van der Waals surface area contributed by atoms with Gasteiger partial charge in [-0.2, -0.15) is 5.10 Å². The van der Waals surface area contributed by atoms with Gasteiger partial charge < -0.3 is 4.90 Å². The number of rotatable bonds is 3. The van der Waals surface area contributed by atoms with Crippen LogP contribution < -0.4 is 0 Å². The molecule has 1 saturated heterocycles. The van der Waals surface area contributed by atoms with Gasteiger partial charge in [-0.05, 0) is 43.4 Å². The topological polar surface area (TPSA) is 38.1 Å². The predicted molar refractivity (Wildman–Crippen MR) is 108 cm³/mol. The minimum absolute atomic E-state index is 0.0855. The molecule has 1 aromatic heterocycles. The van der Waals surface area contributed by atoms with Crippen LogP contribution >= 0.6 is 0 Å². The van der Waals surface area contributed by atoms with Crippen LogP contribution in [-0.2, 0) is 0 Å². The molecule has 27 heavy (non-hydrogen) atoms. The highest BCUT2D eigenvalue weighted by Gasteiger charge is 2.26. The van der Waals surface area contributed by atoms with Crippen molar-refractivity contribution in [1.82, 2.24) is 14.7 Å². The normalized spacial score (nSPS) is 15.1. The molecule has 2 aromatic carbocycles. The summed E-state index contributed by atoms with van der Waals surface area (Å²) in [4.78, 5) is 15.3. The van der Waals surface area contributed by atoms with E-state index >= 15 is 0 Å². The Balaban J connectivity index is 1.78. The average molecular weight is 359 g/mol. The van der Waals surface area contributed by atoms with E-state index in [2.05, 4.69) is 19.9 Å². The minimum atomic E-state index is 0.0855. The maximum atomic E-state index is 13.3.